The number of rotatable bonds is 8. The highest BCUT2D eigenvalue weighted by Crippen LogP contribution is 2.10. The van der Waals surface area contributed by atoms with E-state index in [4.69, 9.17) is 4.74 Å². The Kier molecular flexibility index (Phi) is 8.67. The predicted molar refractivity (Wildman–Crippen MR) is 82.6 cm³/mol. The predicted octanol–water partition coefficient (Wildman–Crippen LogP) is 2.90. The lowest BCUT2D eigenvalue weighted by Crippen LogP contribution is -2.38. The first-order chi connectivity index (χ1) is 9.08. The molecule has 1 unspecified atom stereocenters. The van der Waals surface area contributed by atoms with Gasteiger partial charge in [0, 0.05) is 19.2 Å². The van der Waals surface area contributed by atoms with E-state index in [1.54, 1.807) is 0 Å². The van der Waals surface area contributed by atoms with Crippen LogP contribution in [-0.2, 0) is 4.74 Å². The lowest BCUT2D eigenvalue weighted by Gasteiger charge is -2.25. The van der Waals surface area contributed by atoms with Crippen molar-refractivity contribution in [3.05, 3.63) is 0 Å². The van der Waals surface area contributed by atoms with Gasteiger partial charge in [0.25, 0.3) is 0 Å². The van der Waals surface area contributed by atoms with Crippen molar-refractivity contribution in [1.29, 1.82) is 0 Å². The number of hydrogen-bond donors (Lipinski definition) is 1. The molecule has 0 spiro atoms. The van der Waals surface area contributed by atoms with Crippen LogP contribution in [0.1, 0.15) is 53.4 Å². The first-order valence-corrected chi connectivity index (χ1v) is 8.15. The van der Waals surface area contributed by atoms with E-state index in [1.807, 2.05) is 0 Å². The smallest absolute Gasteiger partial charge is 0.0518 e. The normalized spacial score (nSPS) is 22.1. The second-order valence-electron chi connectivity index (χ2n) is 6.56. The van der Waals surface area contributed by atoms with E-state index < -0.39 is 0 Å². The maximum atomic E-state index is 5.60. The molecule has 1 heterocycles. The average Bonchev–Trinajstić information content (AvgIpc) is 2.53. The molecule has 3 heteroatoms. The fraction of sp³-hybridized carbons (Fsp3) is 1.00. The van der Waals surface area contributed by atoms with Crippen LogP contribution in [0.4, 0.5) is 0 Å². The maximum Gasteiger partial charge on any atom is 0.0518 e. The summed E-state index contributed by atoms with van der Waals surface area (Å²) < 4.78 is 5.60. The standard InChI is InChI=1S/C16H34N2O/c1-14(2)12-16-13-18(10-7-8-17-16)9-5-6-11-19-15(3)4/h14-17H,5-13H2,1-4H3. The summed E-state index contributed by atoms with van der Waals surface area (Å²) in [4.78, 5) is 2.64. The fourth-order valence-electron chi connectivity index (χ4n) is 2.76. The molecule has 0 bridgehead atoms. The van der Waals surface area contributed by atoms with Crippen molar-refractivity contribution in [3.8, 4) is 0 Å². The minimum atomic E-state index is 0.373. The summed E-state index contributed by atoms with van der Waals surface area (Å²) in [5.41, 5.74) is 0. The highest BCUT2D eigenvalue weighted by molar-refractivity contribution is 4.77. The van der Waals surface area contributed by atoms with Crippen molar-refractivity contribution in [2.24, 2.45) is 5.92 Å². The minimum absolute atomic E-state index is 0.373. The summed E-state index contributed by atoms with van der Waals surface area (Å²) in [7, 11) is 0. The molecule has 0 saturated carbocycles. The van der Waals surface area contributed by atoms with E-state index in [9.17, 15) is 0 Å². The van der Waals surface area contributed by atoms with Crippen LogP contribution in [0.2, 0.25) is 0 Å². The third kappa shape index (κ3) is 8.61. The maximum absolute atomic E-state index is 5.60. The largest absolute Gasteiger partial charge is 0.379 e. The molecule has 1 aliphatic rings. The monoisotopic (exact) mass is 270 g/mol. The Balaban J connectivity index is 2.16. The van der Waals surface area contributed by atoms with Crippen molar-refractivity contribution in [3.63, 3.8) is 0 Å². The van der Waals surface area contributed by atoms with Crippen molar-refractivity contribution in [2.75, 3.05) is 32.8 Å². The SMILES string of the molecule is CC(C)CC1CN(CCCCOC(C)C)CCCN1. The average molecular weight is 270 g/mol. The molecule has 1 atom stereocenters. The van der Waals surface area contributed by atoms with Crippen LogP contribution in [0.3, 0.4) is 0 Å². The third-order valence-electron chi connectivity index (χ3n) is 3.64. The lowest BCUT2D eigenvalue weighted by atomic mass is 10.0. The topological polar surface area (TPSA) is 24.5 Å². The van der Waals surface area contributed by atoms with Gasteiger partial charge in [-0.15, -0.1) is 0 Å². The van der Waals surface area contributed by atoms with Crippen LogP contribution >= 0.6 is 0 Å². The summed E-state index contributed by atoms with van der Waals surface area (Å²) in [5, 5.41) is 3.69. The Bertz CT molecular complexity index is 219. The van der Waals surface area contributed by atoms with Gasteiger partial charge in [-0.2, -0.15) is 0 Å². The van der Waals surface area contributed by atoms with E-state index in [2.05, 4.69) is 37.9 Å². The van der Waals surface area contributed by atoms with Gasteiger partial charge in [-0.1, -0.05) is 13.8 Å². The summed E-state index contributed by atoms with van der Waals surface area (Å²) >= 11 is 0. The summed E-state index contributed by atoms with van der Waals surface area (Å²) in [6, 6.07) is 0.689. The number of nitrogens with zero attached hydrogens (tertiary/aromatic N) is 1. The first kappa shape index (κ1) is 16.9. The Morgan fingerprint density at radius 1 is 1.21 bits per heavy atom. The molecular formula is C16H34N2O. The second kappa shape index (κ2) is 9.73. The lowest BCUT2D eigenvalue weighted by molar-refractivity contribution is 0.0741. The van der Waals surface area contributed by atoms with Gasteiger partial charge in [0.2, 0.25) is 0 Å². The molecule has 0 aromatic rings. The van der Waals surface area contributed by atoms with Gasteiger partial charge in [0.15, 0.2) is 0 Å². The van der Waals surface area contributed by atoms with Crippen LogP contribution in [0.15, 0.2) is 0 Å². The minimum Gasteiger partial charge on any atom is -0.379 e. The van der Waals surface area contributed by atoms with Crippen molar-refractivity contribution < 1.29 is 4.74 Å². The van der Waals surface area contributed by atoms with E-state index in [0.29, 0.717) is 12.1 Å². The Morgan fingerprint density at radius 2 is 2.00 bits per heavy atom. The van der Waals surface area contributed by atoms with Gasteiger partial charge in [-0.3, -0.25) is 0 Å². The molecule has 0 aliphatic carbocycles. The van der Waals surface area contributed by atoms with E-state index in [1.165, 1.54) is 51.9 Å². The molecule has 0 amide bonds. The zero-order valence-corrected chi connectivity index (χ0v) is 13.5. The van der Waals surface area contributed by atoms with Gasteiger partial charge >= 0.3 is 0 Å². The van der Waals surface area contributed by atoms with Crippen LogP contribution in [-0.4, -0.2) is 49.8 Å². The number of hydrogen-bond acceptors (Lipinski definition) is 3. The highest BCUT2D eigenvalue weighted by atomic mass is 16.5. The zero-order valence-electron chi connectivity index (χ0n) is 13.5. The van der Waals surface area contributed by atoms with Crippen molar-refractivity contribution in [1.82, 2.24) is 10.2 Å². The van der Waals surface area contributed by atoms with Gasteiger partial charge in [0.1, 0.15) is 0 Å². The van der Waals surface area contributed by atoms with Gasteiger partial charge in [-0.05, 0) is 65.1 Å². The number of nitrogens with one attached hydrogen (secondary N) is 1. The summed E-state index contributed by atoms with van der Waals surface area (Å²) in [5.74, 6) is 0.789. The van der Waals surface area contributed by atoms with E-state index in [0.717, 1.165) is 12.5 Å². The van der Waals surface area contributed by atoms with Gasteiger partial charge < -0.3 is 15.0 Å². The first-order valence-electron chi connectivity index (χ1n) is 8.15. The number of unbranched alkanes of at least 4 members (excludes halogenated alkanes) is 1. The quantitative estimate of drug-likeness (QED) is 0.686. The van der Waals surface area contributed by atoms with Gasteiger partial charge in [0.05, 0.1) is 6.10 Å². The van der Waals surface area contributed by atoms with Crippen LogP contribution in [0, 0.1) is 5.92 Å². The molecular weight excluding hydrogens is 236 g/mol. The van der Waals surface area contributed by atoms with Crippen LogP contribution in [0.25, 0.3) is 0 Å². The third-order valence-corrected chi connectivity index (χ3v) is 3.64. The summed E-state index contributed by atoms with van der Waals surface area (Å²) in [6.45, 7) is 14.7. The number of ether oxygens (including phenoxy) is 1. The molecule has 1 fully saturated rings. The van der Waals surface area contributed by atoms with Crippen LogP contribution in [0.5, 0.6) is 0 Å². The Hall–Kier alpha value is -0.120. The van der Waals surface area contributed by atoms with Gasteiger partial charge in [-0.25, -0.2) is 0 Å². The molecule has 0 aromatic carbocycles. The Morgan fingerprint density at radius 3 is 2.68 bits per heavy atom. The zero-order chi connectivity index (χ0) is 14.1. The second-order valence-corrected chi connectivity index (χ2v) is 6.56. The summed E-state index contributed by atoms with van der Waals surface area (Å²) in [6.07, 6.45) is 5.42. The Labute approximate surface area is 120 Å². The van der Waals surface area contributed by atoms with E-state index >= 15 is 0 Å². The molecule has 114 valence electrons. The molecule has 3 nitrogen and oxygen atoms in total. The molecule has 19 heavy (non-hydrogen) atoms. The fourth-order valence-corrected chi connectivity index (χ4v) is 2.76. The van der Waals surface area contributed by atoms with E-state index in [-0.39, 0.29) is 0 Å². The molecule has 0 aromatic heterocycles. The molecule has 1 N–H and O–H groups in total. The van der Waals surface area contributed by atoms with Crippen LogP contribution < -0.4 is 5.32 Å². The van der Waals surface area contributed by atoms with Crippen molar-refractivity contribution >= 4 is 0 Å². The van der Waals surface area contributed by atoms with Crippen molar-refractivity contribution in [2.45, 2.75) is 65.5 Å². The molecule has 1 rings (SSSR count). The molecule has 0 radical (unpaired) electrons. The highest BCUT2D eigenvalue weighted by Gasteiger charge is 2.17. The molecule has 1 saturated heterocycles. The molecule has 1 aliphatic heterocycles.